The number of hydrogen-bond acceptors (Lipinski definition) is 7. The van der Waals surface area contributed by atoms with Crippen molar-refractivity contribution in [3.63, 3.8) is 0 Å². The highest BCUT2D eigenvalue weighted by molar-refractivity contribution is 5.97. The third-order valence-electron chi connectivity index (χ3n) is 3.90. The van der Waals surface area contributed by atoms with Crippen LogP contribution in [-0.2, 0) is 13.1 Å². The molecule has 142 valence electrons. The van der Waals surface area contributed by atoms with Crippen molar-refractivity contribution in [3.8, 4) is 6.07 Å². The lowest BCUT2D eigenvalue weighted by Crippen LogP contribution is -2.17. The zero-order chi connectivity index (χ0) is 20.1. The van der Waals surface area contributed by atoms with Crippen LogP contribution in [0.5, 0.6) is 0 Å². The molecule has 2 heterocycles. The van der Waals surface area contributed by atoms with Gasteiger partial charge < -0.3 is 16.4 Å². The first-order valence-corrected chi connectivity index (χ1v) is 8.39. The summed E-state index contributed by atoms with van der Waals surface area (Å²) in [6, 6.07) is 5.84. The van der Waals surface area contributed by atoms with Crippen molar-refractivity contribution in [1.29, 1.82) is 5.26 Å². The van der Waals surface area contributed by atoms with Gasteiger partial charge in [0, 0.05) is 25.5 Å². The summed E-state index contributed by atoms with van der Waals surface area (Å²) in [6.07, 6.45) is 4.69. The Morgan fingerprint density at radius 3 is 2.89 bits per heavy atom. The predicted octanol–water partition coefficient (Wildman–Crippen LogP) is 2.16. The maximum Gasteiger partial charge on any atom is 0.254 e. The van der Waals surface area contributed by atoms with Gasteiger partial charge in [-0.25, -0.2) is 9.37 Å². The molecule has 4 N–H and O–H groups in total. The maximum atomic E-state index is 13.5. The maximum absolute atomic E-state index is 13.5. The number of nitrogens with zero attached hydrogens (tertiary/aromatic N) is 5. The summed E-state index contributed by atoms with van der Waals surface area (Å²) in [7, 11) is 0. The Morgan fingerprint density at radius 1 is 1.39 bits per heavy atom. The monoisotopic (exact) mass is 380 g/mol. The highest BCUT2D eigenvalue weighted by Gasteiger charge is 2.14. The number of amides is 1. The van der Waals surface area contributed by atoms with Gasteiger partial charge in [0.15, 0.2) is 0 Å². The Bertz CT molecular complexity index is 1060. The summed E-state index contributed by atoms with van der Waals surface area (Å²) in [4.78, 5) is 20.0. The predicted molar refractivity (Wildman–Crippen MR) is 100 cm³/mol. The molecule has 1 aromatic carbocycles. The highest BCUT2D eigenvalue weighted by Crippen LogP contribution is 2.19. The number of nitrogens with two attached hydrogens (primary N) is 1. The number of primary amides is 1. The van der Waals surface area contributed by atoms with Crippen molar-refractivity contribution in [3.05, 3.63) is 59.3 Å². The molecular formula is C18H17FN8O. The van der Waals surface area contributed by atoms with Crippen LogP contribution >= 0.6 is 0 Å². The van der Waals surface area contributed by atoms with Gasteiger partial charge in [-0.2, -0.15) is 15.3 Å². The average Bonchev–Trinajstić information content (AvgIpc) is 3.14. The fourth-order valence-electron chi connectivity index (χ4n) is 2.48. The number of rotatable bonds is 7. The van der Waals surface area contributed by atoms with Gasteiger partial charge in [-0.3, -0.25) is 9.48 Å². The van der Waals surface area contributed by atoms with Crippen molar-refractivity contribution in [2.24, 2.45) is 5.73 Å². The second-order valence-corrected chi connectivity index (χ2v) is 5.80. The molecule has 0 bridgehead atoms. The van der Waals surface area contributed by atoms with E-state index in [0.717, 1.165) is 0 Å². The molecule has 0 aliphatic rings. The van der Waals surface area contributed by atoms with Gasteiger partial charge in [-0.05, 0) is 30.7 Å². The molecule has 0 spiro atoms. The lowest BCUT2D eigenvalue weighted by Gasteiger charge is -2.12. The number of anilines is 3. The Kier molecular flexibility index (Phi) is 5.45. The zero-order valence-electron chi connectivity index (χ0n) is 15.0. The topological polar surface area (TPSA) is 135 Å². The van der Waals surface area contributed by atoms with Gasteiger partial charge in [-0.1, -0.05) is 0 Å². The third kappa shape index (κ3) is 4.21. The normalized spacial score (nSPS) is 10.3. The van der Waals surface area contributed by atoms with E-state index in [2.05, 4.69) is 25.7 Å². The Morgan fingerprint density at radius 2 is 2.21 bits per heavy atom. The smallest absolute Gasteiger partial charge is 0.254 e. The lowest BCUT2D eigenvalue weighted by atomic mass is 10.1. The SMILES string of the molecule is CCn1cc(Nc2ncc(C(N)=O)c(NCc3cc(F)ccc3C#N)n2)cn1. The highest BCUT2D eigenvalue weighted by atomic mass is 19.1. The summed E-state index contributed by atoms with van der Waals surface area (Å²) in [5.74, 6) is -0.791. The molecule has 10 heteroatoms. The first-order chi connectivity index (χ1) is 13.5. The van der Waals surface area contributed by atoms with Gasteiger partial charge in [0.05, 0.1) is 29.1 Å². The number of hydrogen-bond donors (Lipinski definition) is 3. The van der Waals surface area contributed by atoms with E-state index in [1.807, 2.05) is 13.0 Å². The molecule has 9 nitrogen and oxygen atoms in total. The number of carbonyl (C=O) groups is 1. The fourth-order valence-corrected chi connectivity index (χ4v) is 2.48. The quantitative estimate of drug-likeness (QED) is 0.571. The number of aryl methyl sites for hydroxylation is 1. The first kappa shape index (κ1) is 18.8. The second-order valence-electron chi connectivity index (χ2n) is 5.80. The van der Waals surface area contributed by atoms with E-state index in [1.165, 1.54) is 24.4 Å². The second kappa shape index (κ2) is 8.13. The molecular weight excluding hydrogens is 363 g/mol. The van der Waals surface area contributed by atoms with Crippen LogP contribution in [-0.4, -0.2) is 25.7 Å². The molecule has 1 amide bonds. The molecule has 28 heavy (non-hydrogen) atoms. The summed E-state index contributed by atoms with van der Waals surface area (Å²) in [5, 5.41) is 19.2. The number of benzene rings is 1. The van der Waals surface area contributed by atoms with Crippen LogP contribution in [0.4, 0.5) is 21.8 Å². The molecule has 0 atom stereocenters. The minimum atomic E-state index is -0.715. The van der Waals surface area contributed by atoms with Crippen LogP contribution in [0.25, 0.3) is 0 Å². The minimum Gasteiger partial charge on any atom is -0.365 e. The van der Waals surface area contributed by atoms with Crippen molar-refractivity contribution < 1.29 is 9.18 Å². The van der Waals surface area contributed by atoms with E-state index >= 15 is 0 Å². The summed E-state index contributed by atoms with van der Waals surface area (Å²) in [6.45, 7) is 2.74. The van der Waals surface area contributed by atoms with Gasteiger partial charge in [0.1, 0.15) is 11.6 Å². The number of aromatic nitrogens is 4. The van der Waals surface area contributed by atoms with Crippen molar-refractivity contribution in [2.75, 3.05) is 10.6 Å². The van der Waals surface area contributed by atoms with Gasteiger partial charge in [0.25, 0.3) is 5.91 Å². The first-order valence-electron chi connectivity index (χ1n) is 8.39. The Balaban J connectivity index is 1.85. The van der Waals surface area contributed by atoms with Crippen LogP contribution < -0.4 is 16.4 Å². The summed E-state index contributed by atoms with van der Waals surface area (Å²) in [5.41, 5.74) is 6.87. The molecule has 0 saturated heterocycles. The van der Waals surface area contributed by atoms with Crippen LogP contribution in [0.1, 0.15) is 28.4 Å². The Labute approximate surface area is 160 Å². The molecule has 3 rings (SSSR count). The number of halogens is 1. The molecule has 0 saturated carbocycles. The van der Waals surface area contributed by atoms with Crippen LogP contribution in [0.3, 0.4) is 0 Å². The van der Waals surface area contributed by atoms with E-state index < -0.39 is 11.7 Å². The molecule has 0 fully saturated rings. The van der Waals surface area contributed by atoms with Gasteiger partial charge >= 0.3 is 0 Å². The summed E-state index contributed by atoms with van der Waals surface area (Å²) < 4.78 is 15.2. The molecule has 0 radical (unpaired) electrons. The average molecular weight is 380 g/mol. The van der Waals surface area contributed by atoms with E-state index in [4.69, 9.17) is 11.0 Å². The van der Waals surface area contributed by atoms with E-state index in [0.29, 0.717) is 23.4 Å². The largest absolute Gasteiger partial charge is 0.365 e. The number of carbonyl (C=O) groups excluding carboxylic acids is 1. The zero-order valence-corrected chi connectivity index (χ0v) is 15.0. The molecule has 0 unspecified atom stereocenters. The molecule has 0 aliphatic heterocycles. The fraction of sp³-hybridized carbons (Fsp3) is 0.167. The Hall–Kier alpha value is -4.00. The number of nitrogens with one attached hydrogen (secondary N) is 2. The van der Waals surface area contributed by atoms with Crippen molar-refractivity contribution in [2.45, 2.75) is 20.0 Å². The minimum absolute atomic E-state index is 0.0738. The molecule has 0 aliphatic carbocycles. The standard InChI is InChI=1S/C18H17FN8O/c1-2-27-10-14(8-24-27)25-18-23-9-15(16(21)28)17(26-18)22-7-12-5-13(19)4-3-11(12)6-20/h3-5,8-10H,2,7H2,1H3,(H2,21,28)(H2,22,23,25,26). The van der Waals surface area contributed by atoms with Gasteiger partial charge in [0.2, 0.25) is 5.95 Å². The third-order valence-corrected chi connectivity index (χ3v) is 3.90. The van der Waals surface area contributed by atoms with E-state index in [9.17, 15) is 9.18 Å². The van der Waals surface area contributed by atoms with Gasteiger partial charge in [-0.15, -0.1) is 0 Å². The van der Waals surface area contributed by atoms with Crippen molar-refractivity contribution >= 4 is 23.4 Å². The number of nitriles is 1. The lowest BCUT2D eigenvalue weighted by molar-refractivity contribution is 0.100. The van der Waals surface area contributed by atoms with Crippen LogP contribution in [0, 0.1) is 17.1 Å². The van der Waals surface area contributed by atoms with Crippen molar-refractivity contribution in [1.82, 2.24) is 19.7 Å². The van der Waals surface area contributed by atoms with Crippen LogP contribution in [0.15, 0.2) is 36.8 Å². The molecule has 3 aromatic rings. The summed E-state index contributed by atoms with van der Waals surface area (Å²) >= 11 is 0. The van der Waals surface area contributed by atoms with E-state index in [1.54, 1.807) is 17.1 Å². The van der Waals surface area contributed by atoms with E-state index in [-0.39, 0.29) is 23.9 Å². The molecule has 2 aromatic heterocycles. The van der Waals surface area contributed by atoms with Crippen LogP contribution in [0.2, 0.25) is 0 Å².